The number of halogens is 2. The van der Waals surface area contributed by atoms with Crippen LogP contribution in [0.5, 0.6) is 0 Å². The van der Waals surface area contributed by atoms with Gasteiger partial charge in [0, 0.05) is 12.3 Å². The lowest BCUT2D eigenvalue weighted by molar-refractivity contribution is 0.117. The van der Waals surface area contributed by atoms with E-state index in [0.717, 1.165) is 12.1 Å². The molecular formula is C11H13F2N3O. The molecule has 1 aromatic carbocycles. The Kier molecular flexibility index (Phi) is 3.90. The molecule has 0 amide bonds. The summed E-state index contributed by atoms with van der Waals surface area (Å²) in [5.74, 6) is -1.44. The maximum absolute atomic E-state index is 13.2. The van der Waals surface area contributed by atoms with Crippen LogP contribution < -0.4 is 5.32 Å². The Morgan fingerprint density at radius 3 is 2.59 bits per heavy atom. The zero-order valence-electron chi connectivity index (χ0n) is 9.46. The van der Waals surface area contributed by atoms with Gasteiger partial charge in [-0.25, -0.2) is 14.3 Å². The zero-order chi connectivity index (χ0) is 13.1. The Bertz CT molecular complexity index is 453. The second-order valence-electron chi connectivity index (χ2n) is 3.97. The van der Waals surface area contributed by atoms with Gasteiger partial charge in [-0.05, 0) is 26.0 Å². The van der Waals surface area contributed by atoms with Crippen LogP contribution in [0.15, 0.2) is 35.2 Å². The lowest BCUT2D eigenvalue weighted by Crippen LogP contribution is -2.21. The van der Waals surface area contributed by atoms with Crippen LogP contribution >= 0.6 is 0 Å². The molecule has 0 fully saturated rings. The standard InChI is InChI=1S/C11H13F2N3O/c1-11(2,17)10(16-14)6-15-9-4-3-7(12)5-8(9)13/h3-6,14-15,17H,1-2H3/b10-6-,16-14?. The Balaban J connectivity index is 2.92. The van der Waals surface area contributed by atoms with Crippen LogP contribution in [0.25, 0.3) is 0 Å². The lowest BCUT2D eigenvalue weighted by atomic mass is 10.1. The fourth-order valence-electron chi connectivity index (χ4n) is 1.10. The van der Waals surface area contributed by atoms with E-state index in [-0.39, 0.29) is 11.4 Å². The quantitative estimate of drug-likeness (QED) is 0.709. The molecule has 0 heterocycles. The third-order valence-electron chi connectivity index (χ3n) is 2.04. The van der Waals surface area contributed by atoms with E-state index in [1.807, 2.05) is 0 Å². The molecule has 0 radical (unpaired) electrons. The summed E-state index contributed by atoms with van der Waals surface area (Å²) < 4.78 is 25.9. The average molecular weight is 241 g/mol. The van der Waals surface area contributed by atoms with E-state index in [1.165, 1.54) is 26.1 Å². The first-order valence-electron chi connectivity index (χ1n) is 4.86. The van der Waals surface area contributed by atoms with Crippen molar-refractivity contribution in [2.45, 2.75) is 19.4 Å². The van der Waals surface area contributed by atoms with Gasteiger partial charge in [-0.15, -0.1) is 0 Å². The van der Waals surface area contributed by atoms with E-state index in [4.69, 9.17) is 5.53 Å². The van der Waals surface area contributed by atoms with Gasteiger partial charge in [0.15, 0.2) is 0 Å². The minimum absolute atomic E-state index is 0.0289. The van der Waals surface area contributed by atoms with Crippen molar-refractivity contribution in [1.29, 1.82) is 5.53 Å². The number of nitrogens with zero attached hydrogens (tertiary/aromatic N) is 1. The molecule has 3 N–H and O–H groups in total. The second kappa shape index (κ2) is 5.01. The molecule has 0 aromatic heterocycles. The number of rotatable bonds is 4. The van der Waals surface area contributed by atoms with Crippen LogP contribution in [0.1, 0.15) is 13.8 Å². The summed E-state index contributed by atoms with van der Waals surface area (Å²) in [6.45, 7) is 2.89. The van der Waals surface area contributed by atoms with Gasteiger partial charge < -0.3 is 10.4 Å². The smallest absolute Gasteiger partial charge is 0.149 e. The molecule has 0 aliphatic heterocycles. The van der Waals surface area contributed by atoms with Crippen molar-refractivity contribution in [2.24, 2.45) is 5.11 Å². The van der Waals surface area contributed by atoms with Gasteiger partial charge >= 0.3 is 0 Å². The van der Waals surface area contributed by atoms with Gasteiger partial charge in [0.25, 0.3) is 0 Å². The Morgan fingerprint density at radius 2 is 2.12 bits per heavy atom. The van der Waals surface area contributed by atoms with Crippen LogP contribution in [0, 0.1) is 17.2 Å². The number of hydrogen-bond donors (Lipinski definition) is 3. The molecule has 0 aliphatic rings. The summed E-state index contributed by atoms with van der Waals surface area (Å²) in [4.78, 5) is 0. The van der Waals surface area contributed by atoms with E-state index in [2.05, 4.69) is 10.4 Å². The van der Waals surface area contributed by atoms with E-state index in [9.17, 15) is 13.9 Å². The third-order valence-corrected chi connectivity index (χ3v) is 2.04. The molecule has 1 aromatic rings. The minimum atomic E-state index is -1.31. The van der Waals surface area contributed by atoms with E-state index in [1.54, 1.807) is 0 Å². The average Bonchev–Trinajstić information content (AvgIpc) is 2.19. The monoisotopic (exact) mass is 241 g/mol. The highest BCUT2D eigenvalue weighted by Gasteiger charge is 2.19. The maximum Gasteiger partial charge on any atom is 0.149 e. The van der Waals surface area contributed by atoms with Gasteiger partial charge in [-0.3, -0.25) is 0 Å². The van der Waals surface area contributed by atoms with Crippen molar-refractivity contribution in [2.75, 3.05) is 5.32 Å². The number of anilines is 1. The molecule has 0 aliphatic carbocycles. The summed E-state index contributed by atoms with van der Waals surface area (Å²) in [7, 11) is 0. The van der Waals surface area contributed by atoms with Crippen LogP contribution in [-0.4, -0.2) is 10.7 Å². The molecule has 0 saturated carbocycles. The van der Waals surface area contributed by atoms with Gasteiger partial charge in [0.05, 0.1) is 5.69 Å². The Labute approximate surface area is 97.5 Å². The molecule has 0 saturated heterocycles. The van der Waals surface area contributed by atoms with Crippen molar-refractivity contribution in [3.8, 4) is 0 Å². The van der Waals surface area contributed by atoms with Crippen molar-refractivity contribution in [1.82, 2.24) is 0 Å². The second-order valence-corrected chi connectivity index (χ2v) is 3.97. The first-order chi connectivity index (χ1) is 7.84. The van der Waals surface area contributed by atoms with Crippen LogP contribution in [0.4, 0.5) is 14.5 Å². The molecule has 6 heteroatoms. The van der Waals surface area contributed by atoms with Gasteiger partial charge in [0.1, 0.15) is 22.9 Å². The molecule has 0 bridgehead atoms. The van der Waals surface area contributed by atoms with Crippen LogP contribution in [-0.2, 0) is 0 Å². The lowest BCUT2D eigenvalue weighted by Gasteiger charge is -2.16. The fraction of sp³-hybridized carbons (Fsp3) is 0.273. The van der Waals surface area contributed by atoms with Crippen LogP contribution in [0.3, 0.4) is 0 Å². The Morgan fingerprint density at radius 1 is 1.47 bits per heavy atom. The molecule has 17 heavy (non-hydrogen) atoms. The molecule has 92 valence electrons. The van der Waals surface area contributed by atoms with Gasteiger partial charge in [-0.2, -0.15) is 5.11 Å². The summed E-state index contributed by atoms with van der Waals surface area (Å²) in [5.41, 5.74) is 5.63. The zero-order valence-corrected chi connectivity index (χ0v) is 9.46. The van der Waals surface area contributed by atoms with E-state index < -0.39 is 17.2 Å². The Hall–Kier alpha value is -1.82. The third kappa shape index (κ3) is 3.60. The highest BCUT2D eigenvalue weighted by Crippen LogP contribution is 2.19. The first kappa shape index (κ1) is 13.2. The maximum atomic E-state index is 13.2. The first-order valence-corrected chi connectivity index (χ1v) is 4.86. The molecular weight excluding hydrogens is 228 g/mol. The highest BCUT2D eigenvalue weighted by molar-refractivity contribution is 5.47. The van der Waals surface area contributed by atoms with Crippen molar-refractivity contribution in [3.63, 3.8) is 0 Å². The summed E-state index contributed by atoms with van der Waals surface area (Å²) >= 11 is 0. The number of aliphatic hydroxyl groups is 1. The fourth-order valence-corrected chi connectivity index (χ4v) is 1.10. The van der Waals surface area contributed by atoms with Gasteiger partial charge in [-0.1, -0.05) is 0 Å². The van der Waals surface area contributed by atoms with Crippen molar-refractivity contribution < 1.29 is 13.9 Å². The highest BCUT2D eigenvalue weighted by atomic mass is 19.1. The predicted molar refractivity (Wildman–Crippen MR) is 59.5 cm³/mol. The van der Waals surface area contributed by atoms with Crippen molar-refractivity contribution in [3.05, 3.63) is 41.7 Å². The summed E-state index contributed by atoms with van der Waals surface area (Å²) in [6, 6.07) is 3.05. The molecule has 0 unspecified atom stereocenters. The molecule has 4 nitrogen and oxygen atoms in total. The van der Waals surface area contributed by atoms with E-state index in [0.29, 0.717) is 0 Å². The summed E-state index contributed by atoms with van der Waals surface area (Å²) in [6.07, 6.45) is 1.20. The molecule has 0 atom stereocenters. The normalized spacial score (nSPS) is 12.4. The molecule has 1 rings (SSSR count). The van der Waals surface area contributed by atoms with Gasteiger partial charge in [0.2, 0.25) is 0 Å². The SMILES string of the molecule is CC(C)(O)/C(=C/Nc1ccc(F)cc1F)N=N. The number of nitrogens with one attached hydrogen (secondary N) is 2. The molecule has 0 spiro atoms. The minimum Gasteiger partial charge on any atom is -0.384 e. The van der Waals surface area contributed by atoms with Crippen LogP contribution in [0.2, 0.25) is 0 Å². The van der Waals surface area contributed by atoms with E-state index >= 15 is 0 Å². The largest absolute Gasteiger partial charge is 0.384 e. The van der Waals surface area contributed by atoms with Crippen molar-refractivity contribution >= 4 is 5.69 Å². The topological polar surface area (TPSA) is 68.5 Å². The number of hydrogen-bond acceptors (Lipinski definition) is 4. The predicted octanol–water partition coefficient (Wildman–Crippen LogP) is 3.02. The number of benzene rings is 1. The summed E-state index contributed by atoms with van der Waals surface area (Å²) in [5, 5.41) is 15.2.